The van der Waals surface area contributed by atoms with Crippen molar-refractivity contribution in [3.8, 4) is 0 Å². The van der Waals surface area contributed by atoms with Crippen LogP contribution in [0.1, 0.15) is 18.4 Å². The first kappa shape index (κ1) is 15.7. The number of hydrogen-bond acceptors (Lipinski definition) is 2. The summed E-state index contributed by atoms with van der Waals surface area (Å²) in [5.74, 6) is -1.34. The van der Waals surface area contributed by atoms with E-state index in [0.29, 0.717) is 0 Å². The molecule has 1 atom stereocenters. The van der Waals surface area contributed by atoms with Gasteiger partial charge in [-0.05, 0) is 24.6 Å². The van der Waals surface area contributed by atoms with Gasteiger partial charge in [0.2, 0.25) is 0 Å². The zero-order valence-corrected chi connectivity index (χ0v) is 10.8. The van der Waals surface area contributed by atoms with Crippen LogP contribution in [0.15, 0.2) is 36.5 Å². The molecule has 1 unspecified atom stereocenters. The van der Waals surface area contributed by atoms with Gasteiger partial charge < -0.3 is 5.11 Å². The first-order chi connectivity index (χ1) is 7.18. The van der Waals surface area contributed by atoms with Crippen LogP contribution in [0, 0.1) is 0 Å². The van der Waals surface area contributed by atoms with Crippen LogP contribution in [0.4, 0.5) is 0 Å². The number of carboxylic acid groups (broad SMARTS) is 1. The molecule has 0 saturated heterocycles. The molecule has 1 N–H and O–H groups in total. The third-order valence-electron chi connectivity index (χ3n) is 2.48. The number of aliphatic carboxylic acids is 1. The monoisotopic (exact) mass is 273 g/mol. The molecular weight excluding hydrogens is 261 g/mol. The van der Waals surface area contributed by atoms with E-state index in [1.54, 1.807) is 13.1 Å². The minimum Gasteiger partial charge on any atom is -0.481 e. The molecule has 0 bridgehead atoms. The lowest BCUT2D eigenvalue weighted by Gasteiger charge is -2.06. The predicted octanol–water partition coefficient (Wildman–Crippen LogP) is 3.27. The van der Waals surface area contributed by atoms with E-state index >= 15 is 0 Å². The number of para-hydroxylation sites is 1. The summed E-state index contributed by atoms with van der Waals surface area (Å²) in [5, 5.41) is 9.85. The number of carbonyl (C=O) groups is 1. The number of fused-ring (bicyclic) bond motifs is 1. The fraction of sp³-hybridized carbons (Fsp3) is 0.167. The van der Waals surface area contributed by atoms with Crippen molar-refractivity contribution in [1.29, 1.82) is 0 Å². The number of hydrogen-bond donors (Lipinski definition) is 1. The molecule has 17 heavy (non-hydrogen) atoms. The number of halogens is 2. The number of benzene rings is 1. The molecule has 3 nitrogen and oxygen atoms in total. The largest absolute Gasteiger partial charge is 0.481 e. The molecule has 92 valence electrons. The zero-order valence-electron chi connectivity index (χ0n) is 9.16. The molecule has 2 aromatic rings. The van der Waals surface area contributed by atoms with E-state index in [1.807, 2.05) is 30.3 Å². The molecule has 0 saturated carbocycles. The number of aromatic nitrogens is 1. The summed E-state index contributed by atoms with van der Waals surface area (Å²) < 4.78 is 0. The highest BCUT2D eigenvalue weighted by atomic mass is 35.5. The van der Waals surface area contributed by atoms with Gasteiger partial charge in [-0.15, -0.1) is 24.8 Å². The van der Waals surface area contributed by atoms with Gasteiger partial charge in [-0.25, -0.2) is 0 Å². The van der Waals surface area contributed by atoms with Crippen LogP contribution in [-0.4, -0.2) is 16.1 Å². The summed E-state index contributed by atoms with van der Waals surface area (Å²) in [5.41, 5.74) is 1.63. The quantitative estimate of drug-likeness (QED) is 0.914. The Kier molecular flexibility index (Phi) is 5.93. The van der Waals surface area contributed by atoms with E-state index < -0.39 is 11.9 Å². The first-order valence-electron chi connectivity index (χ1n) is 4.76. The summed E-state index contributed by atoms with van der Waals surface area (Å²) in [7, 11) is 0. The second kappa shape index (κ2) is 6.42. The Hall–Kier alpha value is -1.32. The lowest BCUT2D eigenvalue weighted by molar-refractivity contribution is -0.138. The number of pyridine rings is 1. The summed E-state index contributed by atoms with van der Waals surface area (Å²) >= 11 is 0. The zero-order chi connectivity index (χ0) is 10.8. The van der Waals surface area contributed by atoms with Gasteiger partial charge in [-0.2, -0.15) is 0 Å². The number of carboxylic acids is 1. The van der Waals surface area contributed by atoms with Crippen LogP contribution >= 0.6 is 24.8 Å². The Morgan fingerprint density at radius 3 is 2.59 bits per heavy atom. The average molecular weight is 274 g/mol. The first-order valence-corrected chi connectivity index (χ1v) is 4.76. The van der Waals surface area contributed by atoms with Crippen molar-refractivity contribution in [2.45, 2.75) is 12.8 Å². The Morgan fingerprint density at radius 1 is 1.29 bits per heavy atom. The highest BCUT2D eigenvalue weighted by Gasteiger charge is 2.13. The Bertz CT molecular complexity index is 517. The molecule has 0 aliphatic heterocycles. The molecule has 0 aliphatic carbocycles. The van der Waals surface area contributed by atoms with Gasteiger partial charge in [0.15, 0.2) is 0 Å². The third kappa shape index (κ3) is 3.32. The van der Waals surface area contributed by atoms with Crippen molar-refractivity contribution >= 4 is 41.7 Å². The number of nitrogens with zero attached hydrogens (tertiary/aromatic N) is 1. The Labute approximate surface area is 112 Å². The van der Waals surface area contributed by atoms with Gasteiger partial charge in [-0.3, -0.25) is 9.78 Å². The topological polar surface area (TPSA) is 50.2 Å². The van der Waals surface area contributed by atoms with Gasteiger partial charge in [0.05, 0.1) is 11.4 Å². The van der Waals surface area contributed by atoms with Crippen molar-refractivity contribution in [3.05, 3.63) is 42.1 Å². The van der Waals surface area contributed by atoms with Crippen molar-refractivity contribution in [1.82, 2.24) is 4.98 Å². The fourth-order valence-electron chi connectivity index (χ4n) is 1.47. The lowest BCUT2D eigenvalue weighted by atomic mass is 10.0. The van der Waals surface area contributed by atoms with Gasteiger partial charge in [0.1, 0.15) is 0 Å². The smallest absolute Gasteiger partial charge is 0.310 e. The molecule has 0 fully saturated rings. The maximum absolute atomic E-state index is 10.8. The van der Waals surface area contributed by atoms with Crippen molar-refractivity contribution in [2.75, 3.05) is 0 Å². The van der Waals surface area contributed by atoms with E-state index in [0.717, 1.165) is 16.5 Å². The second-order valence-electron chi connectivity index (χ2n) is 3.52. The number of rotatable bonds is 2. The van der Waals surface area contributed by atoms with Gasteiger partial charge in [-0.1, -0.05) is 18.2 Å². The second-order valence-corrected chi connectivity index (χ2v) is 3.52. The molecule has 0 aliphatic rings. The maximum Gasteiger partial charge on any atom is 0.310 e. The molecule has 0 radical (unpaired) electrons. The highest BCUT2D eigenvalue weighted by molar-refractivity contribution is 5.85. The van der Waals surface area contributed by atoms with E-state index in [1.165, 1.54) is 0 Å². The van der Waals surface area contributed by atoms with Crippen LogP contribution in [-0.2, 0) is 4.79 Å². The standard InChI is InChI=1S/C12H11NO2.2ClH/c1-8(12(14)15)10-6-9-4-2-3-5-11(9)13-7-10;;/h2-8H,1H3,(H,14,15);2*1H. The maximum atomic E-state index is 10.8. The normalized spacial score (nSPS) is 11.1. The van der Waals surface area contributed by atoms with E-state index in [-0.39, 0.29) is 24.8 Å². The molecule has 1 aromatic heterocycles. The van der Waals surface area contributed by atoms with Crippen molar-refractivity contribution in [3.63, 3.8) is 0 Å². The van der Waals surface area contributed by atoms with E-state index in [2.05, 4.69) is 4.98 Å². The SMILES string of the molecule is CC(C(=O)O)c1cnc2ccccc2c1.Cl.Cl. The summed E-state index contributed by atoms with van der Waals surface area (Å²) in [4.78, 5) is 15.0. The Balaban J connectivity index is 0.00000128. The van der Waals surface area contributed by atoms with Crippen molar-refractivity contribution in [2.24, 2.45) is 0 Å². The highest BCUT2D eigenvalue weighted by Crippen LogP contribution is 2.19. The molecule has 0 spiro atoms. The molecule has 2 rings (SSSR count). The van der Waals surface area contributed by atoms with Gasteiger partial charge in [0.25, 0.3) is 0 Å². The van der Waals surface area contributed by atoms with E-state index in [4.69, 9.17) is 5.11 Å². The summed E-state index contributed by atoms with van der Waals surface area (Å²) in [6.45, 7) is 1.66. The fourth-order valence-corrected chi connectivity index (χ4v) is 1.47. The molecule has 1 heterocycles. The van der Waals surface area contributed by atoms with Crippen LogP contribution in [0.25, 0.3) is 10.9 Å². The van der Waals surface area contributed by atoms with E-state index in [9.17, 15) is 4.79 Å². The lowest BCUT2D eigenvalue weighted by Crippen LogP contribution is -2.07. The third-order valence-corrected chi connectivity index (χ3v) is 2.48. The van der Waals surface area contributed by atoms with Crippen LogP contribution < -0.4 is 0 Å². The molecular formula is C12H13Cl2NO2. The molecule has 0 amide bonds. The molecule has 5 heteroatoms. The minimum atomic E-state index is -0.827. The molecule has 1 aromatic carbocycles. The predicted molar refractivity (Wildman–Crippen MR) is 72.3 cm³/mol. The van der Waals surface area contributed by atoms with Crippen LogP contribution in [0.5, 0.6) is 0 Å². The van der Waals surface area contributed by atoms with Gasteiger partial charge in [0, 0.05) is 11.6 Å². The van der Waals surface area contributed by atoms with Gasteiger partial charge >= 0.3 is 5.97 Å². The Morgan fingerprint density at radius 2 is 1.94 bits per heavy atom. The van der Waals surface area contributed by atoms with Crippen LogP contribution in [0.3, 0.4) is 0 Å². The van der Waals surface area contributed by atoms with Crippen molar-refractivity contribution < 1.29 is 9.90 Å². The average Bonchev–Trinajstić information content (AvgIpc) is 2.27. The minimum absolute atomic E-state index is 0. The van der Waals surface area contributed by atoms with Crippen LogP contribution in [0.2, 0.25) is 0 Å². The summed E-state index contributed by atoms with van der Waals surface area (Å²) in [6, 6.07) is 9.54. The summed E-state index contributed by atoms with van der Waals surface area (Å²) in [6.07, 6.45) is 1.63.